The van der Waals surface area contributed by atoms with Crippen LogP contribution in [0.5, 0.6) is 0 Å². The second kappa shape index (κ2) is 8.18. The number of ether oxygens (including phenoxy) is 1. The molecule has 3 aromatic carbocycles. The Morgan fingerprint density at radius 1 is 1.13 bits per heavy atom. The summed E-state index contributed by atoms with van der Waals surface area (Å²) >= 11 is 0. The Balaban J connectivity index is 1.86. The molecule has 4 aromatic rings. The van der Waals surface area contributed by atoms with Gasteiger partial charge < -0.3 is 4.74 Å². The molecular weight excluding hydrogens is 381 g/mol. The molecule has 0 aliphatic rings. The SMILES string of the molecule is [C-]#[N+]c1ccc2c(c1)nc(Cc1ccc(F)cc1)n2-c1cccc(C(=O)OCC)c1. The van der Waals surface area contributed by atoms with Crippen LogP contribution in [0.3, 0.4) is 0 Å². The molecule has 0 bridgehead atoms. The molecule has 5 nitrogen and oxygen atoms in total. The first-order valence-electron chi connectivity index (χ1n) is 9.50. The Morgan fingerprint density at radius 3 is 2.67 bits per heavy atom. The number of imidazole rings is 1. The maximum atomic E-state index is 13.3. The lowest BCUT2D eigenvalue weighted by atomic mass is 10.1. The highest BCUT2D eigenvalue weighted by atomic mass is 19.1. The van der Waals surface area contributed by atoms with Crippen LogP contribution in [0.4, 0.5) is 10.1 Å². The fourth-order valence-corrected chi connectivity index (χ4v) is 3.37. The van der Waals surface area contributed by atoms with Crippen molar-refractivity contribution in [1.82, 2.24) is 9.55 Å². The summed E-state index contributed by atoms with van der Waals surface area (Å²) in [7, 11) is 0. The fraction of sp³-hybridized carbons (Fsp3) is 0.125. The number of aromatic nitrogens is 2. The van der Waals surface area contributed by atoms with E-state index in [0.29, 0.717) is 29.8 Å². The number of rotatable bonds is 5. The largest absolute Gasteiger partial charge is 0.462 e. The topological polar surface area (TPSA) is 48.5 Å². The molecule has 30 heavy (non-hydrogen) atoms. The zero-order chi connectivity index (χ0) is 21.1. The number of esters is 1. The molecule has 1 aromatic heterocycles. The van der Waals surface area contributed by atoms with E-state index in [1.165, 1.54) is 12.1 Å². The Kier molecular flexibility index (Phi) is 5.27. The summed E-state index contributed by atoms with van der Waals surface area (Å²) < 4.78 is 20.4. The second-order valence-corrected chi connectivity index (χ2v) is 6.72. The van der Waals surface area contributed by atoms with Crippen molar-refractivity contribution in [2.75, 3.05) is 6.61 Å². The van der Waals surface area contributed by atoms with Gasteiger partial charge in [-0.3, -0.25) is 4.57 Å². The van der Waals surface area contributed by atoms with E-state index in [4.69, 9.17) is 16.3 Å². The highest BCUT2D eigenvalue weighted by Gasteiger charge is 2.15. The quantitative estimate of drug-likeness (QED) is 0.330. The lowest BCUT2D eigenvalue weighted by Gasteiger charge is -2.11. The number of nitrogens with zero attached hydrogens (tertiary/aromatic N) is 3. The van der Waals surface area contributed by atoms with Crippen LogP contribution in [0.1, 0.15) is 28.7 Å². The number of benzene rings is 3. The number of carbonyl (C=O) groups is 1. The summed E-state index contributed by atoms with van der Waals surface area (Å²) in [4.78, 5) is 20.4. The highest BCUT2D eigenvalue weighted by Crippen LogP contribution is 2.27. The molecule has 0 spiro atoms. The maximum absolute atomic E-state index is 13.3. The number of fused-ring (bicyclic) bond motifs is 1. The van der Waals surface area contributed by atoms with E-state index in [0.717, 1.165) is 22.6 Å². The van der Waals surface area contributed by atoms with Crippen LogP contribution in [0.25, 0.3) is 21.6 Å². The van der Waals surface area contributed by atoms with Crippen molar-refractivity contribution in [3.8, 4) is 5.69 Å². The van der Waals surface area contributed by atoms with Crippen LogP contribution in [0, 0.1) is 12.4 Å². The number of hydrogen-bond acceptors (Lipinski definition) is 3. The minimum atomic E-state index is -0.390. The third kappa shape index (κ3) is 3.78. The van der Waals surface area contributed by atoms with Crippen LogP contribution in [-0.4, -0.2) is 22.1 Å². The van der Waals surface area contributed by atoms with Crippen molar-refractivity contribution in [3.63, 3.8) is 0 Å². The van der Waals surface area contributed by atoms with E-state index in [2.05, 4.69) is 4.85 Å². The summed E-state index contributed by atoms with van der Waals surface area (Å²) in [6.45, 7) is 9.32. The van der Waals surface area contributed by atoms with Crippen LogP contribution < -0.4 is 0 Å². The van der Waals surface area contributed by atoms with E-state index < -0.39 is 0 Å². The van der Waals surface area contributed by atoms with Crippen molar-refractivity contribution in [2.45, 2.75) is 13.3 Å². The van der Waals surface area contributed by atoms with Gasteiger partial charge in [0.15, 0.2) is 5.69 Å². The van der Waals surface area contributed by atoms with Crippen LogP contribution in [-0.2, 0) is 11.2 Å². The van der Waals surface area contributed by atoms with E-state index in [1.54, 1.807) is 49.4 Å². The molecule has 0 amide bonds. The minimum Gasteiger partial charge on any atom is -0.462 e. The van der Waals surface area contributed by atoms with Crippen molar-refractivity contribution < 1.29 is 13.9 Å². The first kappa shape index (κ1) is 19.3. The van der Waals surface area contributed by atoms with Crippen molar-refractivity contribution in [3.05, 3.63) is 101 Å². The van der Waals surface area contributed by atoms with Gasteiger partial charge in [-0.25, -0.2) is 19.0 Å². The molecule has 0 N–H and O–H groups in total. The predicted molar refractivity (Wildman–Crippen MR) is 112 cm³/mol. The van der Waals surface area contributed by atoms with Gasteiger partial charge in [-0.1, -0.05) is 24.3 Å². The fourth-order valence-electron chi connectivity index (χ4n) is 3.37. The first-order valence-corrected chi connectivity index (χ1v) is 9.50. The van der Waals surface area contributed by atoms with Gasteiger partial charge in [0.25, 0.3) is 0 Å². The molecule has 0 saturated heterocycles. The third-order valence-electron chi connectivity index (χ3n) is 4.73. The van der Waals surface area contributed by atoms with Gasteiger partial charge in [0.05, 0.1) is 29.8 Å². The lowest BCUT2D eigenvalue weighted by molar-refractivity contribution is 0.0526. The Bertz CT molecular complexity index is 1270. The summed E-state index contributed by atoms with van der Waals surface area (Å²) in [6, 6.07) is 18.8. The molecule has 0 unspecified atom stereocenters. The molecule has 0 saturated carbocycles. The number of hydrogen-bond donors (Lipinski definition) is 0. The van der Waals surface area contributed by atoms with Gasteiger partial charge in [-0.05, 0) is 55.0 Å². The summed E-state index contributed by atoms with van der Waals surface area (Å²) in [6.07, 6.45) is 0.464. The average Bonchev–Trinajstić information content (AvgIpc) is 3.12. The monoisotopic (exact) mass is 399 g/mol. The van der Waals surface area contributed by atoms with Gasteiger partial charge in [-0.2, -0.15) is 0 Å². The second-order valence-electron chi connectivity index (χ2n) is 6.72. The zero-order valence-corrected chi connectivity index (χ0v) is 16.3. The molecule has 148 valence electrons. The lowest BCUT2D eigenvalue weighted by Crippen LogP contribution is -2.07. The summed E-state index contributed by atoms with van der Waals surface area (Å²) in [5.74, 6) is 0.0370. The summed E-state index contributed by atoms with van der Waals surface area (Å²) in [5.41, 5.74) is 4.11. The maximum Gasteiger partial charge on any atom is 0.338 e. The van der Waals surface area contributed by atoms with Gasteiger partial charge >= 0.3 is 5.97 Å². The molecule has 0 aliphatic heterocycles. The van der Waals surface area contributed by atoms with Crippen LogP contribution in [0.2, 0.25) is 0 Å². The standard InChI is InChI=1S/C24H18FN3O2/c1-3-30-24(29)17-5-4-6-20(14-17)28-22-12-11-19(26-2)15-21(22)27-23(28)13-16-7-9-18(25)10-8-16/h4-12,14-15H,3,13H2,1H3. The van der Waals surface area contributed by atoms with Gasteiger partial charge in [0, 0.05) is 12.1 Å². The molecule has 6 heteroatoms. The number of carbonyl (C=O) groups excluding carboxylic acids is 1. The molecule has 0 radical (unpaired) electrons. The third-order valence-corrected chi connectivity index (χ3v) is 4.73. The molecule has 1 heterocycles. The normalized spacial score (nSPS) is 10.7. The van der Waals surface area contributed by atoms with Crippen molar-refractivity contribution in [1.29, 1.82) is 0 Å². The van der Waals surface area contributed by atoms with E-state index in [-0.39, 0.29) is 11.8 Å². The van der Waals surface area contributed by atoms with E-state index in [1.807, 2.05) is 16.7 Å². The zero-order valence-electron chi connectivity index (χ0n) is 16.3. The average molecular weight is 399 g/mol. The van der Waals surface area contributed by atoms with E-state index in [9.17, 15) is 9.18 Å². The predicted octanol–water partition coefficient (Wildman–Crippen LogP) is 5.48. The van der Waals surface area contributed by atoms with Crippen LogP contribution >= 0.6 is 0 Å². The van der Waals surface area contributed by atoms with Gasteiger partial charge in [-0.15, -0.1) is 0 Å². The summed E-state index contributed by atoms with van der Waals surface area (Å²) in [5, 5.41) is 0. The molecule has 0 aliphatic carbocycles. The van der Waals surface area contributed by atoms with Crippen molar-refractivity contribution >= 4 is 22.7 Å². The first-order chi connectivity index (χ1) is 14.6. The van der Waals surface area contributed by atoms with Gasteiger partial charge in [0.1, 0.15) is 11.6 Å². The smallest absolute Gasteiger partial charge is 0.338 e. The number of halogens is 1. The molecular formula is C24H18FN3O2. The van der Waals surface area contributed by atoms with Crippen molar-refractivity contribution in [2.24, 2.45) is 0 Å². The highest BCUT2D eigenvalue weighted by molar-refractivity contribution is 5.90. The minimum absolute atomic E-state index is 0.295. The molecule has 0 fully saturated rings. The Labute approximate surface area is 173 Å². The van der Waals surface area contributed by atoms with Gasteiger partial charge in [0.2, 0.25) is 0 Å². The van der Waals surface area contributed by atoms with Crippen LogP contribution in [0.15, 0.2) is 66.7 Å². The Hall–Kier alpha value is -3.98. The molecule has 4 rings (SSSR count). The Morgan fingerprint density at radius 2 is 1.93 bits per heavy atom. The van der Waals surface area contributed by atoms with E-state index >= 15 is 0 Å². The molecule has 0 atom stereocenters.